The molecule has 0 aliphatic carbocycles. The summed E-state index contributed by atoms with van der Waals surface area (Å²) in [5.74, 6) is 0. The Bertz CT molecular complexity index is 245. The molecule has 2 heteroatoms. The van der Waals surface area contributed by atoms with Gasteiger partial charge in [0.2, 0.25) is 0 Å². The molecule has 0 aliphatic rings. The summed E-state index contributed by atoms with van der Waals surface area (Å²) in [6.07, 6.45) is 0.534. The molecule has 1 aromatic rings. The predicted octanol–water partition coefficient (Wildman–Crippen LogP) is 2.00. The van der Waals surface area contributed by atoms with Crippen LogP contribution >= 0.6 is 0 Å². The number of aryl methyl sites for hydroxylation is 1. The predicted molar refractivity (Wildman–Crippen MR) is 51.1 cm³/mol. The third-order valence-corrected chi connectivity index (χ3v) is 1.71. The minimum absolute atomic E-state index is 0.489. The molecule has 1 rings (SSSR count). The minimum atomic E-state index is -0.489. The van der Waals surface area contributed by atoms with E-state index in [1.54, 1.807) is 6.92 Å². The quantitative estimate of drug-likeness (QED) is 0.671. The Hall–Kier alpha value is -1.02. The van der Waals surface area contributed by atoms with Crippen LogP contribution in [-0.4, -0.2) is 11.3 Å². The Labute approximate surface area is 73.2 Å². The van der Waals surface area contributed by atoms with Gasteiger partial charge in [0, 0.05) is 5.69 Å². The maximum Gasteiger partial charge on any atom is 0.121 e. The van der Waals surface area contributed by atoms with Crippen LogP contribution in [0.25, 0.3) is 0 Å². The van der Waals surface area contributed by atoms with E-state index in [-0.39, 0.29) is 0 Å². The van der Waals surface area contributed by atoms with E-state index in [4.69, 9.17) is 5.11 Å². The molecule has 2 N–H and O–H groups in total. The lowest BCUT2D eigenvalue weighted by Gasteiger charge is -2.09. The first kappa shape index (κ1) is 9.07. The van der Waals surface area contributed by atoms with Gasteiger partial charge in [-0.1, -0.05) is 19.1 Å². The van der Waals surface area contributed by atoms with E-state index in [1.807, 2.05) is 18.2 Å². The van der Waals surface area contributed by atoms with Crippen molar-refractivity contribution in [2.75, 3.05) is 5.32 Å². The second-order valence-corrected chi connectivity index (χ2v) is 2.87. The van der Waals surface area contributed by atoms with Crippen molar-refractivity contribution in [3.63, 3.8) is 0 Å². The molecule has 1 unspecified atom stereocenters. The van der Waals surface area contributed by atoms with Gasteiger partial charge in [0.1, 0.15) is 6.23 Å². The largest absolute Gasteiger partial charge is 0.374 e. The molecule has 12 heavy (non-hydrogen) atoms. The van der Waals surface area contributed by atoms with Crippen LogP contribution in [0.15, 0.2) is 24.3 Å². The lowest BCUT2D eigenvalue weighted by molar-refractivity contribution is 0.224. The lowest BCUT2D eigenvalue weighted by Crippen LogP contribution is -2.13. The van der Waals surface area contributed by atoms with E-state index >= 15 is 0 Å². The smallest absolute Gasteiger partial charge is 0.121 e. The molecule has 0 bridgehead atoms. The second-order valence-electron chi connectivity index (χ2n) is 2.87. The normalized spacial score (nSPS) is 12.6. The van der Waals surface area contributed by atoms with Crippen molar-refractivity contribution in [1.82, 2.24) is 0 Å². The van der Waals surface area contributed by atoms with Gasteiger partial charge in [0.15, 0.2) is 0 Å². The lowest BCUT2D eigenvalue weighted by atomic mass is 10.1. The van der Waals surface area contributed by atoms with Crippen molar-refractivity contribution in [2.24, 2.45) is 0 Å². The highest BCUT2D eigenvalue weighted by atomic mass is 16.3. The zero-order valence-electron chi connectivity index (χ0n) is 7.54. The van der Waals surface area contributed by atoms with Crippen molar-refractivity contribution < 1.29 is 5.11 Å². The molecule has 2 nitrogen and oxygen atoms in total. The molecule has 0 saturated heterocycles. The number of rotatable bonds is 3. The zero-order chi connectivity index (χ0) is 8.97. The van der Waals surface area contributed by atoms with E-state index in [1.165, 1.54) is 5.56 Å². The van der Waals surface area contributed by atoms with Crippen molar-refractivity contribution in [1.29, 1.82) is 0 Å². The van der Waals surface area contributed by atoms with Gasteiger partial charge < -0.3 is 10.4 Å². The van der Waals surface area contributed by atoms with Gasteiger partial charge in [-0.05, 0) is 31.0 Å². The van der Waals surface area contributed by atoms with Gasteiger partial charge in [-0.25, -0.2) is 0 Å². The van der Waals surface area contributed by atoms with Gasteiger partial charge in [0.05, 0.1) is 0 Å². The molecule has 0 radical (unpaired) electrons. The molecule has 0 saturated carbocycles. The molecule has 66 valence electrons. The van der Waals surface area contributed by atoms with E-state index in [2.05, 4.69) is 18.3 Å². The molecule has 0 aromatic heterocycles. The van der Waals surface area contributed by atoms with Gasteiger partial charge in [-0.15, -0.1) is 0 Å². The fourth-order valence-corrected chi connectivity index (χ4v) is 1.12. The van der Waals surface area contributed by atoms with E-state index in [0.29, 0.717) is 0 Å². The first-order valence-electron chi connectivity index (χ1n) is 4.26. The van der Waals surface area contributed by atoms with Crippen LogP contribution < -0.4 is 5.32 Å². The molecular weight excluding hydrogens is 150 g/mol. The van der Waals surface area contributed by atoms with Crippen LogP contribution in [0.4, 0.5) is 5.69 Å². The van der Waals surface area contributed by atoms with Gasteiger partial charge >= 0.3 is 0 Å². The summed E-state index contributed by atoms with van der Waals surface area (Å²) in [6, 6.07) is 8.06. The molecule has 0 spiro atoms. The molecule has 0 amide bonds. The summed E-state index contributed by atoms with van der Waals surface area (Å²) in [6.45, 7) is 3.82. The van der Waals surface area contributed by atoms with Crippen molar-refractivity contribution in [2.45, 2.75) is 26.5 Å². The van der Waals surface area contributed by atoms with Crippen LogP contribution in [0, 0.1) is 0 Å². The Morgan fingerprint density at radius 2 is 2.25 bits per heavy atom. The fourth-order valence-electron chi connectivity index (χ4n) is 1.12. The Kier molecular flexibility index (Phi) is 3.11. The maximum absolute atomic E-state index is 9.06. The minimum Gasteiger partial charge on any atom is -0.374 e. The molecule has 0 aliphatic heterocycles. The standard InChI is InChI=1S/C10H15NO/c1-3-9-5-4-6-10(7-9)11-8(2)12/h4-8,11-12H,3H2,1-2H3. The van der Waals surface area contributed by atoms with Crippen molar-refractivity contribution in [3.8, 4) is 0 Å². The van der Waals surface area contributed by atoms with Gasteiger partial charge in [-0.3, -0.25) is 0 Å². The van der Waals surface area contributed by atoms with Crippen LogP contribution in [0.3, 0.4) is 0 Å². The number of nitrogens with one attached hydrogen (secondary N) is 1. The first-order chi connectivity index (χ1) is 5.72. The second kappa shape index (κ2) is 4.12. The number of hydrogen-bond acceptors (Lipinski definition) is 2. The highest BCUT2D eigenvalue weighted by molar-refractivity contribution is 5.45. The number of benzene rings is 1. The molecule has 0 fully saturated rings. The Morgan fingerprint density at radius 3 is 2.83 bits per heavy atom. The third kappa shape index (κ3) is 2.55. The highest BCUT2D eigenvalue weighted by Crippen LogP contribution is 2.11. The van der Waals surface area contributed by atoms with Crippen molar-refractivity contribution >= 4 is 5.69 Å². The summed E-state index contributed by atoms with van der Waals surface area (Å²) in [5, 5.41) is 12.0. The van der Waals surface area contributed by atoms with Gasteiger partial charge in [0.25, 0.3) is 0 Å². The van der Waals surface area contributed by atoms with Crippen LogP contribution in [0.2, 0.25) is 0 Å². The molecule has 1 atom stereocenters. The van der Waals surface area contributed by atoms with Crippen LogP contribution in [-0.2, 0) is 6.42 Å². The summed E-state index contributed by atoms with van der Waals surface area (Å²) >= 11 is 0. The van der Waals surface area contributed by atoms with E-state index in [0.717, 1.165) is 12.1 Å². The average Bonchev–Trinajstić information content (AvgIpc) is 2.03. The monoisotopic (exact) mass is 165 g/mol. The number of anilines is 1. The van der Waals surface area contributed by atoms with E-state index < -0.39 is 6.23 Å². The highest BCUT2D eigenvalue weighted by Gasteiger charge is 1.96. The molecular formula is C10H15NO. The summed E-state index contributed by atoms with van der Waals surface area (Å²) in [4.78, 5) is 0. The number of aliphatic hydroxyl groups is 1. The summed E-state index contributed by atoms with van der Waals surface area (Å²) in [7, 11) is 0. The summed E-state index contributed by atoms with van der Waals surface area (Å²) in [5.41, 5.74) is 2.25. The topological polar surface area (TPSA) is 32.3 Å². The molecule has 0 heterocycles. The molecule has 1 aromatic carbocycles. The number of aliphatic hydroxyl groups excluding tert-OH is 1. The van der Waals surface area contributed by atoms with Crippen LogP contribution in [0.5, 0.6) is 0 Å². The summed E-state index contributed by atoms with van der Waals surface area (Å²) < 4.78 is 0. The maximum atomic E-state index is 9.06. The Balaban J connectivity index is 2.72. The van der Waals surface area contributed by atoms with Crippen molar-refractivity contribution in [3.05, 3.63) is 29.8 Å². The average molecular weight is 165 g/mol. The third-order valence-electron chi connectivity index (χ3n) is 1.71. The SMILES string of the molecule is CCc1cccc(NC(C)O)c1. The number of hydrogen-bond donors (Lipinski definition) is 2. The van der Waals surface area contributed by atoms with Gasteiger partial charge in [-0.2, -0.15) is 0 Å². The van der Waals surface area contributed by atoms with E-state index in [9.17, 15) is 0 Å². The fraction of sp³-hybridized carbons (Fsp3) is 0.400. The Morgan fingerprint density at radius 1 is 1.50 bits per heavy atom. The van der Waals surface area contributed by atoms with Crippen LogP contribution in [0.1, 0.15) is 19.4 Å². The zero-order valence-corrected chi connectivity index (χ0v) is 7.54. The first-order valence-corrected chi connectivity index (χ1v) is 4.26.